The Morgan fingerprint density at radius 3 is 2.50 bits per heavy atom. The number of hydrogen-bond acceptors (Lipinski definition) is 3. The quantitative estimate of drug-likeness (QED) is 0.910. The maximum Gasteiger partial charge on any atom is 0.391 e. The summed E-state index contributed by atoms with van der Waals surface area (Å²) in [5, 5.41) is 0. The summed E-state index contributed by atoms with van der Waals surface area (Å²) in [6, 6.07) is 3.46. The molecule has 0 saturated carbocycles. The van der Waals surface area contributed by atoms with Gasteiger partial charge in [-0.2, -0.15) is 13.2 Å². The SMILES string of the molecule is NCC(c1ccco1)N1CCC(C(F)(F)F)CC1. The van der Waals surface area contributed by atoms with E-state index in [0.717, 1.165) is 5.76 Å². The molecule has 0 aliphatic carbocycles. The van der Waals surface area contributed by atoms with Gasteiger partial charge in [0.15, 0.2) is 0 Å². The van der Waals surface area contributed by atoms with Crippen LogP contribution in [0, 0.1) is 5.92 Å². The van der Waals surface area contributed by atoms with E-state index in [-0.39, 0.29) is 18.9 Å². The van der Waals surface area contributed by atoms with E-state index in [0.29, 0.717) is 19.6 Å². The molecular formula is C12H17F3N2O. The smallest absolute Gasteiger partial charge is 0.391 e. The summed E-state index contributed by atoms with van der Waals surface area (Å²) >= 11 is 0. The van der Waals surface area contributed by atoms with Gasteiger partial charge in [0, 0.05) is 6.54 Å². The lowest BCUT2D eigenvalue weighted by Gasteiger charge is -2.36. The molecule has 18 heavy (non-hydrogen) atoms. The van der Waals surface area contributed by atoms with E-state index >= 15 is 0 Å². The van der Waals surface area contributed by atoms with E-state index in [1.807, 2.05) is 11.0 Å². The number of hydrogen-bond donors (Lipinski definition) is 1. The van der Waals surface area contributed by atoms with E-state index in [1.54, 1.807) is 12.3 Å². The highest BCUT2D eigenvalue weighted by atomic mass is 19.4. The number of alkyl halides is 3. The highest BCUT2D eigenvalue weighted by molar-refractivity contribution is 5.05. The minimum absolute atomic E-state index is 0.116. The molecule has 1 fully saturated rings. The first-order chi connectivity index (χ1) is 8.52. The van der Waals surface area contributed by atoms with Crippen LogP contribution in [-0.4, -0.2) is 30.7 Å². The van der Waals surface area contributed by atoms with Crippen LogP contribution in [0.5, 0.6) is 0 Å². The van der Waals surface area contributed by atoms with Gasteiger partial charge in [-0.15, -0.1) is 0 Å². The normalized spacial score (nSPS) is 21.1. The molecule has 1 saturated heterocycles. The third-order valence-electron chi connectivity index (χ3n) is 3.53. The Labute approximate surface area is 104 Å². The topological polar surface area (TPSA) is 42.4 Å². The highest BCUT2D eigenvalue weighted by Crippen LogP contribution is 2.36. The monoisotopic (exact) mass is 262 g/mol. The van der Waals surface area contributed by atoms with Crippen molar-refractivity contribution in [1.29, 1.82) is 0 Å². The van der Waals surface area contributed by atoms with Gasteiger partial charge in [0.1, 0.15) is 5.76 Å². The van der Waals surface area contributed by atoms with Crippen molar-refractivity contribution in [1.82, 2.24) is 4.90 Å². The highest BCUT2D eigenvalue weighted by Gasteiger charge is 2.42. The molecule has 1 atom stereocenters. The average molecular weight is 262 g/mol. The lowest BCUT2D eigenvalue weighted by molar-refractivity contribution is -0.186. The zero-order chi connectivity index (χ0) is 13.2. The first kappa shape index (κ1) is 13.4. The van der Waals surface area contributed by atoms with Crippen LogP contribution in [0.15, 0.2) is 22.8 Å². The standard InChI is InChI=1S/C12H17F3N2O/c13-12(14,15)9-3-5-17(6-4-9)10(8-16)11-2-1-7-18-11/h1-2,7,9-10H,3-6,8,16H2. The molecule has 6 heteroatoms. The predicted molar refractivity (Wildman–Crippen MR) is 60.9 cm³/mol. The molecule has 2 rings (SSSR count). The van der Waals surface area contributed by atoms with Crippen LogP contribution in [0.3, 0.4) is 0 Å². The Hall–Kier alpha value is -1.01. The van der Waals surface area contributed by atoms with E-state index in [4.69, 9.17) is 10.2 Å². The summed E-state index contributed by atoms with van der Waals surface area (Å²) in [5.74, 6) is -0.452. The van der Waals surface area contributed by atoms with Crippen molar-refractivity contribution < 1.29 is 17.6 Å². The first-order valence-electron chi connectivity index (χ1n) is 6.06. The molecule has 0 amide bonds. The van der Waals surface area contributed by atoms with Gasteiger partial charge in [-0.3, -0.25) is 4.90 Å². The van der Waals surface area contributed by atoms with Gasteiger partial charge in [-0.25, -0.2) is 0 Å². The Kier molecular flexibility index (Phi) is 3.97. The van der Waals surface area contributed by atoms with Crippen molar-refractivity contribution in [2.45, 2.75) is 25.1 Å². The van der Waals surface area contributed by atoms with Gasteiger partial charge in [0.2, 0.25) is 0 Å². The van der Waals surface area contributed by atoms with Crippen molar-refractivity contribution in [2.24, 2.45) is 11.7 Å². The molecule has 2 N–H and O–H groups in total. The summed E-state index contributed by atoms with van der Waals surface area (Å²) in [6.07, 6.45) is -2.24. The van der Waals surface area contributed by atoms with Crippen molar-refractivity contribution in [3.8, 4) is 0 Å². The first-order valence-corrected chi connectivity index (χ1v) is 6.06. The largest absolute Gasteiger partial charge is 0.468 e. The summed E-state index contributed by atoms with van der Waals surface area (Å²) < 4.78 is 43.0. The van der Waals surface area contributed by atoms with Gasteiger partial charge >= 0.3 is 6.18 Å². The fraction of sp³-hybridized carbons (Fsp3) is 0.667. The number of halogens is 3. The van der Waals surface area contributed by atoms with Gasteiger partial charge < -0.3 is 10.2 Å². The number of nitrogens with two attached hydrogens (primary N) is 1. The molecule has 0 radical (unpaired) electrons. The molecule has 1 aliphatic rings. The van der Waals surface area contributed by atoms with Crippen LogP contribution in [0.25, 0.3) is 0 Å². The van der Waals surface area contributed by atoms with Crippen molar-refractivity contribution in [2.75, 3.05) is 19.6 Å². The fourth-order valence-electron chi connectivity index (χ4n) is 2.46. The third kappa shape index (κ3) is 2.87. The van der Waals surface area contributed by atoms with Crippen LogP contribution >= 0.6 is 0 Å². The van der Waals surface area contributed by atoms with Crippen LogP contribution in [-0.2, 0) is 0 Å². The maximum atomic E-state index is 12.6. The van der Waals surface area contributed by atoms with Crippen molar-refractivity contribution >= 4 is 0 Å². The molecule has 2 heterocycles. The number of nitrogens with zero attached hydrogens (tertiary/aromatic N) is 1. The maximum absolute atomic E-state index is 12.6. The van der Waals surface area contributed by atoms with Crippen LogP contribution in [0.4, 0.5) is 13.2 Å². The van der Waals surface area contributed by atoms with Gasteiger partial charge in [0.05, 0.1) is 18.2 Å². The summed E-state index contributed by atoms with van der Waals surface area (Å²) in [5.41, 5.74) is 5.69. The van der Waals surface area contributed by atoms with E-state index in [9.17, 15) is 13.2 Å². The zero-order valence-corrected chi connectivity index (χ0v) is 9.99. The fourth-order valence-corrected chi connectivity index (χ4v) is 2.46. The predicted octanol–water partition coefficient (Wildman–Crippen LogP) is 2.55. The molecule has 3 nitrogen and oxygen atoms in total. The Bertz CT molecular complexity index is 356. The zero-order valence-electron chi connectivity index (χ0n) is 9.99. The van der Waals surface area contributed by atoms with Gasteiger partial charge in [-0.05, 0) is 38.1 Å². The Balaban J connectivity index is 1.96. The second-order valence-corrected chi connectivity index (χ2v) is 4.62. The molecule has 0 spiro atoms. The number of piperidine rings is 1. The molecule has 102 valence electrons. The number of likely N-dealkylation sites (tertiary alicyclic amines) is 1. The van der Waals surface area contributed by atoms with E-state index < -0.39 is 12.1 Å². The molecule has 1 aromatic rings. The average Bonchev–Trinajstić information content (AvgIpc) is 2.83. The minimum atomic E-state index is -4.07. The number of rotatable bonds is 3. The van der Waals surface area contributed by atoms with Gasteiger partial charge in [-0.1, -0.05) is 0 Å². The van der Waals surface area contributed by atoms with Crippen molar-refractivity contribution in [3.05, 3.63) is 24.2 Å². The third-order valence-corrected chi connectivity index (χ3v) is 3.53. The Morgan fingerprint density at radius 1 is 1.39 bits per heavy atom. The second-order valence-electron chi connectivity index (χ2n) is 4.62. The summed E-state index contributed by atoms with van der Waals surface area (Å²) in [7, 11) is 0. The molecule has 1 aliphatic heterocycles. The van der Waals surface area contributed by atoms with E-state index in [1.165, 1.54) is 0 Å². The van der Waals surface area contributed by atoms with Crippen molar-refractivity contribution in [3.63, 3.8) is 0 Å². The van der Waals surface area contributed by atoms with Crippen LogP contribution < -0.4 is 5.73 Å². The van der Waals surface area contributed by atoms with Crippen LogP contribution in [0.2, 0.25) is 0 Å². The summed E-state index contributed by atoms with van der Waals surface area (Å²) in [4.78, 5) is 1.97. The molecule has 1 unspecified atom stereocenters. The lowest BCUT2D eigenvalue weighted by atomic mass is 9.95. The van der Waals surface area contributed by atoms with Crippen LogP contribution in [0.1, 0.15) is 24.6 Å². The Morgan fingerprint density at radius 2 is 2.06 bits per heavy atom. The minimum Gasteiger partial charge on any atom is -0.468 e. The summed E-state index contributed by atoms with van der Waals surface area (Å²) in [6.45, 7) is 1.17. The lowest BCUT2D eigenvalue weighted by Crippen LogP contribution is -2.42. The second kappa shape index (κ2) is 5.32. The molecule has 1 aromatic heterocycles. The van der Waals surface area contributed by atoms with E-state index in [2.05, 4.69) is 0 Å². The molecule has 0 aromatic carbocycles. The number of furan rings is 1. The molecular weight excluding hydrogens is 245 g/mol. The molecule has 0 bridgehead atoms. The van der Waals surface area contributed by atoms with Gasteiger partial charge in [0.25, 0.3) is 0 Å².